The first-order valence-corrected chi connectivity index (χ1v) is 6.64. The summed E-state index contributed by atoms with van der Waals surface area (Å²) in [6.45, 7) is 8.11. The number of methoxy groups -OCH3 is 1. The molecule has 0 aromatic rings. The van der Waals surface area contributed by atoms with E-state index in [1.54, 1.807) is 0 Å². The lowest BCUT2D eigenvalue weighted by Gasteiger charge is -2.44. The minimum absolute atomic E-state index is 0.0127. The summed E-state index contributed by atoms with van der Waals surface area (Å²) in [5.41, 5.74) is -1.33. The molecule has 1 fully saturated rings. The lowest BCUT2D eigenvalue weighted by molar-refractivity contribution is -0.181. The number of aliphatic hydroxyl groups is 1. The first-order valence-electron chi connectivity index (χ1n) is 6.64. The Morgan fingerprint density at radius 2 is 1.94 bits per heavy atom. The molecule has 0 aromatic heterocycles. The second-order valence-corrected chi connectivity index (χ2v) is 5.97. The molecule has 3 heteroatoms. The smallest absolute Gasteiger partial charge is 0.338 e. The van der Waals surface area contributed by atoms with Crippen molar-refractivity contribution in [1.82, 2.24) is 0 Å². The SMILES string of the molecule is COC(=O)C(O)(C(C)C)C1CC(C)CCC1C. The minimum Gasteiger partial charge on any atom is -0.467 e. The van der Waals surface area contributed by atoms with Crippen LogP contribution in [0.15, 0.2) is 0 Å². The van der Waals surface area contributed by atoms with Crippen molar-refractivity contribution >= 4 is 5.97 Å². The molecular formula is C14H26O3. The molecule has 1 saturated carbocycles. The van der Waals surface area contributed by atoms with Crippen molar-refractivity contribution in [3.05, 3.63) is 0 Å². The maximum Gasteiger partial charge on any atom is 0.338 e. The van der Waals surface area contributed by atoms with Gasteiger partial charge in [0, 0.05) is 5.92 Å². The van der Waals surface area contributed by atoms with Crippen LogP contribution in [0.3, 0.4) is 0 Å². The van der Waals surface area contributed by atoms with E-state index < -0.39 is 11.6 Å². The molecule has 1 aliphatic carbocycles. The highest BCUT2D eigenvalue weighted by molar-refractivity contribution is 5.80. The predicted molar refractivity (Wildman–Crippen MR) is 67.5 cm³/mol. The first-order chi connectivity index (χ1) is 7.83. The van der Waals surface area contributed by atoms with E-state index in [9.17, 15) is 9.90 Å². The average molecular weight is 242 g/mol. The second-order valence-electron chi connectivity index (χ2n) is 5.97. The standard InChI is InChI=1S/C14H26O3/c1-9(2)14(16,13(15)17-5)12-8-10(3)6-7-11(12)4/h9-12,16H,6-8H2,1-5H3. The summed E-state index contributed by atoms with van der Waals surface area (Å²) in [5.74, 6) is 0.369. The lowest BCUT2D eigenvalue weighted by atomic mass is 9.64. The van der Waals surface area contributed by atoms with Gasteiger partial charge >= 0.3 is 5.97 Å². The molecule has 0 heterocycles. The van der Waals surface area contributed by atoms with Crippen LogP contribution >= 0.6 is 0 Å². The van der Waals surface area contributed by atoms with Gasteiger partial charge in [0.1, 0.15) is 0 Å². The summed E-state index contributed by atoms with van der Waals surface area (Å²) in [4.78, 5) is 12.0. The fourth-order valence-corrected chi connectivity index (χ4v) is 3.12. The van der Waals surface area contributed by atoms with E-state index in [2.05, 4.69) is 13.8 Å². The van der Waals surface area contributed by atoms with Crippen molar-refractivity contribution in [2.24, 2.45) is 23.7 Å². The number of carbonyl (C=O) groups is 1. The monoisotopic (exact) mass is 242 g/mol. The number of hydrogen-bond donors (Lipinski definition) is 1. The number of esters is 1. The van der Waals surface area contributed by atoms with Gasteiger partial charge in [0.05, 0.1) is 7.11 Å². The molecule has 0 radical (unpaired) electrons. The van der Waals surface area contributed by atoms with Crippen LogP contribution in [0.4, 0.5) is 0 Å². The summed E-state index contributed by atoms with van der Waals surface area (Å²) < 4.78 is 4.82. The summed E-state index contributed by atoms with van der Waals surface area (Å²) in [6.07, 6.45) is 3.18. The van der Waals surface area contributed by atoms with E-state index in [1.165, 1.54) is 13.5 Å². The van der Waals surface area contributed by atoms with Crippen LogP contribution in [0.25, 0.3) is 0 Å². The van der Waals surface area contributed by atoms with Gasteiger partial charge in [0.2, 0.25) is 0 Å². The molecule has 3 nitrogen and oxygen atoms in total. The fraction of sp³-hybridized carbons (Fsp3) is 0.929. The molecule has 0 spiro atoms. The van der Waals surface area contributed by atoms with Crippen molar-refractivity contribution in [2.45, 2.75) is 52.6 Å². The van der Waals surface area contributed by atoms with E-state index in [1.807, 2.05) is 13.8 Å². The largest absolute Gasteiger partial charge is 0.467 e. The molecule has 4 atom stereocenters. The molecule has 0 saturated heterocycles. The Kier molecular flexibility index (Phi) is 4.59. The topological polar surface area (TPSA) is 46.5 Å². The third-order valence-corrected chi connectivity index (χ3v) is 4.42. The van der Waals surface area contributed by atoms with Gasteiger partial charge in [-0.3, -0.25) is 0 Å². The van der Waals surface area contributed by atoms with Gasteiger partial charge in [-0.25, -0.2) is 4.79 Å². The quantitative estimate of drug-likeness (QED) is 0.774. The summed E-state index contributed by atoms with van der Waals surface area (Å²) in [5, 5.41) is 10.8. The number of hydrogen-bond acceptors (Lipinski definition) is 3. The van der Waals surface area contributed by atoms with Gasteiger partial charge in [0.15, 0.2) is 5.60 Å². The molecule has 0 bridgehead atoms. The maximum absolute atomic E-state index is 12.0. The molecule has 1 N–H and O–H groups in total. The zero-order valence-electron chi connectivity index (χ0n) is 11.7. The highest BCUT2D eigenvalue weighted by atomic mass is 16.5. The predicted octanol–water partition coefficient (Wildman–Crippen LogP) is 2.62. The van der Waals surface area contributed by atoms with E-state index in [0.29, 0.717) is 11.8 Å². The van der Waals surface area contributed by atoms with Crippen LogP contribution in [0.5, 0.6) is 0 Å². The van der Waals surface area contributed by atoms with E-state index >= 15 is 0 Å². The molecule has 4 unspecified atom stereocenters. The van der Waals surface area contributed by atoms with Gasteiger partial charge in [-0.05, 0) is 24.2 Å². The lowest BCUT2D eigenvalue weighted by Crippen LogP contribution is -2.54. The highest BCUT2D eigenvalue weighted by Crippen LogP contribution is 2.43. The Labute approximate surface area is 105 Å². The molecule has 0 amide bonds. The molecule has 100 valence electrons. The molecule has 1 rings (SSSR count). The van der Waals surface area contributed by atoms with Crippen molar-refractivity contribution in [2.75, 3.05) is 7.11 Å². The van der Waals surface area contributed by atoms with Crippen LogP contribution in [0.2, 0.25) is 0 Å². The van der Waals surface area contributed by atoms with Crippen LogP contribution in [-0.2, 0) is 9.53 Å². The third-order valence-electron chi connectivity index (χ3n) is 4.42. The zero-order chi connectivity index (χ0) is 13.2. The Bertz CT molecular complexity index is 275. The Balaban J connectivity index is 3.00. The van der Waals surface area contributed by atoms with Gasteiger partial charge in [-0.2, -0.15) is 0 Å². The van der Waals surface area contributed by atoms with Crippen molar-refractivity contribution in [1.29, 1.82) is 0 Å². The van der Waals surface area contributed by atoms with Crippen LogP contribution < -0.4 is 0 Å². The van der Waals surface area contributed by atoms with Crippen LogP contribution in [0.1, 0.15) is 47.0 Å². The summed E-state index contributed by atoms with van der Waals surface area (Å²) >= 11 is 0. The molecule has 0 aromatic carbocycles. The molecule has 1 aliphatic rings. The molecular weight excluding hydrogens is 216 g/mol. The van der Waals surface area contributed by atoms with Crippen molar-refractivity contribution in [3.63, 3.8) is 0 Å². The Morgan fingerprint density at radius 1 is 1.35 bits per heavy atom. The number of ether oxygens (including phenoxy) is 1. The fourth-order valence-electron chi connectivity index (χ4n) is 3.12. The maximum atomic E-state index is 12.0. The van der Waals surface area contributed by atoms with Crippen molar-refractivity contribution < 1.29 is 14.6 Å². The molecule has 0 aliphatic heterocycles. The summed E-state index contributed by atoms with van der Waals surface area (Å²) in [7, 11) is 1.35. The molecule has 17 heavy (non-hydrogen) atoms. The minimum atomic E-state index is -1.33. The van der Waals surface area contributed by atoms with E-state index in [0.717, 1.165) is 12.8 Å². The number of rotatable bonds is 3. The Hall–Kier alpha value is -0.570. The van der Waals surface area contributed by atoms with Gasteiger partial charge < -0.3 is 9.84 Å². The third kappa shape index (κ3) is 2.65. The second kappa shape index (κ2) is 5.38. The van der Waals surface area contributed by atoms with Gasteiger partial charge in [-0.15, -0.1) is 0 Å². The highest BCUT2D eigenvalue weighted by Gasteiger charge is 2.50. The Morgan fingerprint density at radius 3 is 2.41 bits per heavy atom. The van der Waals surface area contributed by atoms with Crippen LogP contribution in [-0.4, -0.2) is 23.8 Å². The van der Waals surface area contributed by atoms with Crippen LogP contribution in [0, 0.1) is 23.7 Å². The first kappa shape index (κ1) is 14.5. The van der Waals surface area contributed by atoms with E-state index in [4.69, 9.17) is 4.74 Å². The summed E-state index contributed by atoms with van der Waals surface area (Å²) in [6, 6.07) is 0. The average Bonchev–Trinajstić information content (AvgIpc) is 2.29. The zero-order valence-corrected chi connectivity index (χ0v) is 11.7. The number of carbonyl (C=O) groups excluding carboxylic acids is 1. The normalized spacial score (nSPS) is 33.2. The van der Waals surface area contributed by atoms with Crippen molar-refractivity contribution in [3.8, 4) is 0 Å². The van der Waals surface area contributed by atoms with Gasteiger partial charge in [-0.1, -0.05) is 40.5 Å². The van der Waals surface area contributed by atoms with Gasteiger partial charge in [0.25, 0.3) is 0 Å². The van der Waals surface area contributed by atoms with E-state index in [-0.39, 0.29) is 11.8 Å².